The van der Waals surface area contributed by atoms with E-state index >= 15 is 0 Å². The van der Waals surface area contributed by atoms with Gasteiger partial charge in [0.25, 0.3) is 0 Å². The van der Waals surface area contributed by atoms with E-state index in [9.17, 15) is 14.4 Å². The monoisotopic (exact) mass is 907 g/mol. The van der Waals surface area contributed by atoms with Crippen molar-refractivity contribution < 1.29 is 28.6 Å². The molecule has 1 atom stereocenters. The van der Waals surface area contributed by atoms with Gasteiger partial charge in [-0.2, -0.15) is 0 Å². The molecule has 0 aromatic rings. The van der Waals surface area contributed by atoms with Crippen molar-refractivity contribution in [2.24, 2.45) is 0 Å². The Morgan fingerprint density at radius 1 is 0.323 bits per heavy atom. The van der Waals surface area contributed by atoms with Gasteiger partial charge in [0.05, 0.1) is 0 Å². The van der Waals surface area contributed by atoms with E-state index < -0.39 is 6.10 Å². The van der Waals surface area contributed by atoms with Gasteiger partial charge in [0.2, 0.25) is 0 Å². The molecule has 0 aliphatic heterocycles. The van der Waals surface area contributed by atoms with Gasteiger partial charge in [-0.1, -0.05) is 235 Å². The molecule has 0 aliphatic carbocycles. The Balaban J connectivity index is 4.44. The van der Waals surface area contributed by atoms with Crippen LogP contribution in [0.3, 0.4) is 0 Å². The van der Waals surface area contributed by atoms with Crippen LogP contribution in [-0.2, 0) is 28.6 Å². The van der Waals surface area contributed by atoms with Gasteiger partial charge in [0, 0.05) is 19.3 Å². The summed E-state index contributed by atoms with van der Waals surface area (Å²) < 4.78 is 16.8. The summed E-state index contributed by atoms with van der Waals surface area (Å²) in [6, 6.07) is 0. The first kappa shape index (κ1) is 61.9. The zero-order valence-electron chi connectivity index (χ0n) is 42.7. The minimum absolute atomic E-state index is 0.0943. The fraction of sp³-hybridized carbons (Fsp3) is 0.746. The van der Waals surface area contributed by atoms with Crippen LogP contribution in [0.4, 0.5) is 0 Å². The van der Waals surface area contributed by atoms with E-state index in [0.29, 0.717) is 19.3 Å². The Kier molecular flexibility index (Phi) is 50.9. The Bertz CT molecular complexity index is 1230. The normalized spacial score (nSPS) is 12.6. The minimum atomic E-state index is -0.800. The molecule has 0 saturated heterocycles. The van der Waals surface area contributed by atoms with Gasteiger partial charge in [0.15, 0.2) is 6.10 Å². The number of hydrogen-bond acceptors (Lipinski definition) is 6. The molecule has 6 heteroatoms. The Labute approximate surface area is 402 Å². The number of rotatable bonds is 49. The van der Waals surface area contributed by atoms with E-state index in [1.807, 2.05) is 0 Å². The first-order chi connectivity index (χ1) is 32.0. The summed E-state index contributed by atoms with van der Waals surface area (Å²) in [7, 11) is 0. The van der Waals surface area contributed by atoms with E-state index in [0.717, 1.165) is 89.9 Å². The molecule has 0 fully saturated rings. The van der Waals surface area contributed by atoms with Crippen LogP contribution >= 0.6 is 0 Å². The summed E-state index contributed by atoms with van der Waals surface area (Å²) in [5.74, 6) is -0.957. The molecular formula is C59H102O6. The van der Waals surface area contributed by atoms with Crippen molar-refractivity contribution in [3.8, 4) is 0 Å². The van der Waals surface area contributed by atoms with Crippen molar-refractivity contribution in [1.29, 1.82) is 0 Å². The van der Waals surface area contributed by atoms with Gasteiger partial charge in [0.1, 0.15) is 13.2 Å². The number of esters is 3. The Morgan fingerprint density at radius 2 is 0.615 bits per heavy atom. The summed E-state index contributed by atoms with van der Waals surface area (Å²) in [4.78, 5) is 38.0. The summed E-state index contributed by atoms with van der Waals surface area (Å²) in [6.45, 7) is 6.47. The third-order valence-electron chi connectivity index (χ3n) is 11.7. The van der Waals surface area contributed by atoms with Crippen molar-refractivity contribution in [2.45, 2.75) is 271 Å². The van der Waals surface area contributed by atoms with Crippen LogP contribution in [0.25, 0.3) is 0 Å². The third kappa shape index (κ3) is 51.7. The van der Waals surface area contributed by atoms with E-state index in [-0.39, 0.29) is 37.5 Å². The maximum atomic E-state index is 12.8. The average molecular weight is 907 g/mol. The molecule has 0 heterocycles. The highest BCUT2D eigenvalue weighted by atomic mass is 16.6. The molecule has 0 N–H and O–H groups in total. The standard InChI is InChI=1S/C59H102O6/c1-4-7-10-13-16-19-22-25-27-29-31-34-36-39-42-45-48-51-57(60)63-54-56(65-59(62)53-50-47-44-41-38-33-24-21-18-15-12-9-6-3)55-64-58(61)52-49-46-43-40-37-35-32-30-28-26-23-20-17-14-11-8-5-2/h7,10,16,19,21,24-25,27,31,34,39,42,56H,4-6,8-9,11-15,17-18,20,22-23,26,28-30,32-33,35-38,40-41,43-55H2,1-3H3/b10-7-,19-16-,24-21-,27-25-,34-31-,42-39-/t56-/m1/s1. The highest BCUT2D eigenvalue weighted by Gasteiger charge is 2.19. The molecule has 0 bridgehead atoms. The first-order valence-corrected chi connectivity index (χ1v) is 27.4. The van der Waals surface area contributed by atoms with Gasteiger partial charge in [-0.05, 0) is 83.5 Å². The molecule has 0 radical (unpaired) electrons. The minimum Gasteiger partial charge on any atom is -0.462 e. The molecule has 0 saturated carbocycles. The molecule has 374 valence electrons. The van der Waals surface area contributed by atoms with Crippen molar-refractivity contribution in [1.82, 2.24) is 0 Å². The second-order valence-corrected chi connectivity index (χ2v) is 18.1. The van der Waals surface area contributed by atoms with Gasteiger partial charge >= 0.3 is 17.9 Å². The highest BCUT2D eigenvalue weighted by Crippen LogP contribution is 2.16. The van der Waals surface area contributed by atoms with Crippen molar-refractivity contribution in [3.63, 3.8) is 0 Å². The molecular weight excluding hydrogens is 805 g/mol. The molecule has 0 spiro atoms. The maximum absolute atomic E-state index is 12.8. The Morgan fingerprint density at radius 3 is 1.03 bits per heavy atom. The fourth-order valence-electron chi connectivity index (χ4n) is 7.59. The predicted octanol–water partition coefficient (Wildman–Crippen LogP) is 18.2. The van der Waals surface area contributed by atoms with E-state index in [2.05, 4.69) is 93.7 Å². The van der Waals surface area contributed by atoms with E-state index in [1.165, 1.54) is 128 Å². The molecule has 0 aromatic carbocycles. The molecule has 0 unspecified atom stereocenters. The lowest BCUT2D eigenvalue weighted by molar-refractivity contribution is -0.167. The molecule has 65 heavy (non-hydrogen) atoms. The fourth-order valence-corrected chi connectivity index (χ4v) is 7.59. The summed E-state index contributed by atoms with van der Waals surface area (Å²) in [6.07, 6.45) is 67.5. The quantitative estimate of drug-likeness (QED) is 0.0262. The average Bonchev–Trinajstić information content (AvgIpc) is 3.30. The van der Waals surface area contributed by atoms with Gasteiger partial charge in [-0.15, -0.1) is 0 Å². The molecule has 0 aromatic heterocycles. The second kappa shape index (κ2) is 53.5. The molecule has 0 rings (SSSR count). The third-order valence-corrected chi connectivity index (χ3v) is 11.7. The van der Waals surface area contributed by atoms with Crippen LogP contribution in [0.15, 0.2) is 72.9 Å². The zero-order valence-corrected chi connectivity index (χ0v) is 42.7. The van der Waals surface area contributed by atoms with Crippen molar-refractivity contribution in [2.75, 3.05) is 13.2 Å². The summed E-state index contributed by atoms with van der Waals surface area (Å²) >= 11 is 0. The van der Waals surface area contributed by atoms with Crippen LogP contribution in [-0.4, -0.2) is 37.2 Å². The van der Waals surface area contributed by atoms with Crippen molar-refractivity contribution in [3.05, 3.63) is 72.9 Å². The van der Waals surface area contributed by atoms with E-state index in [1.54, 1.807) is 0 Å². The number of allylic oxidation sites excluding steroid dienone is 12. The number of carbonyl (C=O) groups excluding carboxylic acids is 3. The number of carbonyl (C=O) groups is 3. The first-order valence-electron chi connectivity index (χ1n) is 27.4. The lowest BCUT2D eigenvalue weighted by Gasteiger charge is -2.18. The lowest BCUT2D eigenvalue weighted by atomic mass is 10.0. The van der Waals surface area contributed by atoms with Crippen LogP contribution in [0.2, 0.25) is 0 Å². The second-order valence-electron chi connectivity index (χ2n) is 18.1. The highest BCUT2D eigenvalue weighted by molar-refractivity contribution is 5.71. The smallest absolute Gasteiger partial charge is 0.306 e. The van der Waals surface area contributed by atoms with Crippen LogP contribution in [0.5, 0.6) is 0 Å². The zero-order chi connectivity index (χ0) is 47.2. The number of unbranched alkanes of at least 4 members (excludes halogenated alkanes) is 26. The van der Waals surface area contributed by atoms with Crippen LogP contribution < -0.4 is 0 Å². The summed E-state index contributed by atoms with van der Waals surface area (Å²) in [5.41, 5.74) is 0. The van der Waals surface area contributed by atoms with E-state index in [4.69, 9.17) is 14.2 Å². The van der Waals surface area contributed by atoms with Gasteiger partial charge in [-0.3, -0.25) is 14.4 Å². The van der Waals surface area contributed by atoms with Crippen molar-refractivity contribution >= 4 is 17.9 Å². The SMILES string of the molecule is CC/C=C\C/C=C\C/C=C\C/C=C\C/C=C\CCCC(=O)OC[C@H](COC(=O)CCCCCCCCCCCCCCCCCCC)OC(=O)CCCCCCC/C=C\CCCCCC. The van der Waals surface area contributed by atoms with Crippen LogP contribution in [0, 0.1) is 0 Å². The molecule has 6 nitrogen and oxygen atoms in total. The number of ether oxygens (including phenoxy) is 3. The number of hydrogen-bond donors (Lipinski definition) is 0. The maximum Gasteiger partial charge on any atom is 0.306 e. The molecule has 0 aliphatic rings. The lowest BCUT2D eigenvalue weighted by Crippen LogP contribution is -2.30. The van der Waals surface area contributed by atoms with Gasteiger partial charge in [-0.25, -0.2) is 0 Å². The Hall–Kier alpha value is -3.15. The topological polar surface area (TPSA) is 78.9 Å². The predicted molar refractivity (Wildman–Crippen MR) is 279 cm³/mol. The van der Waals surface area contributed by atoms with Gasteiger partial charge < -0.3 is 14.2 Å². The molecule has 0 amide bonds. The summed E-state index contributed by atoms with van der Waals surface area (Å²) in [5, 5.41) is 0. The van der Waals surface area contributed by atoms with Crippen LogP contribution in [0.1, 0.15) is 265 Å². The largest absolute Gasteiger partial charge is 0.462 e.